The minimum Gasteiger partial charge on any atom is -0.497 e. The molecular formula is C25H28FN3O6S2. The van der Waals surface area contributed by atoms with Crippen LogP contribution >= 0.6 is 0 Å². The van der Waals surface area contributed by atoms with Gasteiger partial charge in [-0.2, -0.15) is 4.31 Å². The van der Waals surface area contributed by atoms with E-state index >= 15 is 0 Å². The van der Waals surface area contributed by atoms with E-state index in [4.69, 9.17) is 4.74 Å². The van der Waals surface area contributed by atoms with E-state index in [1.165, 1.54) is 72.1 Å². The number of hydrogen-bond donors (Lipinski definition) is 1. The molecule has 1 amide bonds. The van der Waals surface area contributed by atoms with Crippen molar-refractivity contribution in [2.75, 3.05) is 36.4 Å². The molecule has 12 heteroatoms. The van der Waals surface area contributed by atoms with Gasteiger partial charge in [-0.25, -0.2) is 21.2 Å². The van der Waals surface area contributed by atoms with Gasteiger partial charge in [0.2, 0.25) is 15.9 Å². The van der Waals surface area contributed by atoms with E-state index in [1.54, 1.807) is 13.8 Å². The van der Waals surface area contributed by atoms with Crippen molar-refractivity contribution < 1.29 is 30.8 Å². The average molecular weight is 550 g/mol. The van der Waals surface area contributed by atoms with E-state index in [-0.39, 0.29) is 21.2 Å². The van der Waals surface area contributed by atoms with Gasteiger partial charge in [0, 0.05) is 18.8 Å². The minimum atomic E-state index is -4.21. The van der Waals surface area contributed by atoms with Gasteiger partial charge in [0.1, 0.15) is 18.1 Å². The SMILES string of the molecule is CCN(CC)S(=O)(=O)c1ccc(NC(=O)CN(c2ccc(F)cc2)S(=O)(=O)c2ccc(OC)cc2)cc1. The summed E-state index contributed by atoms with van der Waals surface area (Å²) in [5, 5.41) is 2.58. The fourth-order valence-corrected chi connectivity index (χ4v) is 6.43. The van der Waals surface area contributed by atoms with Gasteiger partial charge in [-0.1, -0.05) is 13.8 Å². The Bertz CT molecular complexity index is 1420. The molecule has 0 radical (unpaired) electrons. The third-order valence-corrected chi connectivity index (χ3v) is 9.38. The predicted octanol–water partition coefficient (Wildman–Crippen LogP) is 3.70. The van der Waals surface area contributed by atoms with Gasteiger partial charge >= 0.3 is 0 Å². The molecule has 0 bridgehead atoms. The Morgan fingerprint density at radius 2 is 1.32 bits per heavy atom. The van der Waals surface area contributed by atoms with Crippen LogP contribution in [0.4, 0.5) is 15.8 Å². The maximum Gasteiger partial charge on any atom is 0.264 e. The number of halogens is 1. The quantitative estimate of drug-likeness (QED) is 0.390. The minimum absolute atomic E-state index is 0.0734. The van der Waals surface area contributed by atoms with E-state index in [2.05, 4.69) is 5.32 Å². The molecule has 0 saturated carbocycles. The number of anilines is 2. The van der Waals surface area contributed by atoms with Crippen LogP contribution in [0.5, 0.6) is 5.75 Å². The Labute approximate surface area is 216 Å². The summed E-state index contributed by atoms with van der Waals surface area (Å²) in [6, 6.07) is 15.9. The van der Waals surface area contributed by atoms with Gasteiger partial charge in [-0.3, -0.25) is 9.10 Å². The van der Waals surface area contributed by atoms with E-state index in [9.17, 15) is 26.0 Å². The second-order valence-corrected chi connectivity index (χ2v) is 11.6. The molecule has 0 aliphatic rings. The number of benzene rings is 3. The zero-order valence-corrected chi connectivity index (χ0v) is 22.2. The fourth-order valence-electron chi connectivity index (χ4n) is 3.55. The first-order chi connectivity index (χ1) is 17.5. The van der Waals surface area contributed by atoms with Crippen LogP contribution < -0.4 is 14.4 Å². The van der Waals surface area contributed by atoms with E-state index in [0.717, 1.165) is 16.4 Å². The molecule has 0 spiro atoms. The molecule has 9 nitrogen and oxygen atoms in total. The number of ether oxygens (including phenoxy) is 1. The van der Waals surface area contributed by atoms with Crippen molar-refractivity contribution in [1.29, 1.82) is 0 Å². The molecule has 0 aliphatic carbocycles. The van der Waals surface area contributed by atoms with Crippen LogP contribution in [0.25, 0.3) is 0 Å². The molecule has 3 aromatic rings. The predicted molar refractivity (Wildman–Crippen MR) is 139 cm³/mol. The highest BCUT2D eigenvalue weighted by Crippen LogP contribution is 2.26. The summed E-state index contributed by atoms with van der Waals surface area (Å²) in [5.74, 6) is -0.785. The fraction of sp³-hybridized carbons (Fsp3) is 0.240. The molecule has 0 saturated heterocycles. The van der Waals surface area contributed by atoms with Gasteiger partial charge in [-0.05, 0) is 72.8 Å². The zero-order valence-electron chi connectivity index (χ0n) is 20.6. The Morgan fingerprint density at radius 1 is 0.811 bits per heavy atom. The molecule has 3 rings (SSSR count). The highest BCUT2D eigenvalue weighted by atomic mass is 32.2. The number of nitrogens with zero attached hydrogens (tertiary/aromatic N) is 2. The average Bonchev–Trinajstić information content (AvgIpc) is 2.88. The van der Waals surface area contributed by atoms with Crippen LogP contribution in [0.2, 0.25) is 0 Å². The molecule has 0 atom stereocenters. The largest absolute Gasteiger partial charge is 0.497 e. The highest BCUT2D eigenvalue weighted by molar-refractivity contribution is 7.92. The summed E-state index contributed by atoms with van der Waals surface area (Å²) < 4.78 is 72.9. The molecular weight excluding hydrogens is 521 g/mol. The van der Waals surface area contributed by atoms with Crippen LogP contribution in [0.3, 0.4) is 0 Å². The van der Waals surface area contributed by atoms with Crippen molar-refractivity contribution in [2.45, 2.75) is 23.6 Å². The lowest BCUT2D eigenvalue weighted by molar-refractivity contribution is -0.114. The van der Waals surface area contributed by atoms with Crippen molar-refractivity contribution in [3.8, 4) is 5.75 Å². The first-order valence-corrected chi connectivity index (χ1v) is 14.2. The maximum atomic E-state index is 13.5. The first-order valence-electron chi connectivity index (χ1n) is 11.3. The van der Waals surface area contributed by atoms with Gasteiger partial charge in [0.05, 0.1) is 22.6 Å². The molecule has 37 heavy (non-hydrogen) atoms. The summed E-state index contributed by atoms with van der Waals surface area (Å²) in [5.41, 5.74) is 0.373. The summed E-state index contributed by atoms with van der Waals surface area (Å²) in [4.78, 5) is 12.9. The van der Waals surface area contributed by atoms with Crippen LogP contribution in [0.1, 0.15) is 13.8 Å². The second-order valence-electron chi connectivity index (χ2n) is 7.83. The standard InChI is InChI=1S/C25H28FN3O6S2/c1-4-28(5-2)36(31,32)23-14-8-20(9-15-23)27-25(30)18-29(21-10-6-19(26)7-11-21)37(33,34)24-16-12-22(35-3)13-17-24/h6-17H,4-5,18H2,1-3H3,(H,27,30). The number of carbonyl (C=O) groups is 1. The monoisotopic (exact) mass is 549 g/mol. The summed E-state index contributed by atoms with van der Waals surface area (Å²) >= 11 is 0. The van der Waals surface area contributed by atoms with Crippen molar-refractivity contribution in [3.05, 3.63) is 78.6 Å². The lowest BCUT2D eigenvalue weighted by Crippen LogP contribution is -2.38. The Hall–Kier alpha value is -3.48. The van der Waals surface area contributed by atoms with Gasteiger partial charge in [0.15, 0.2) is 0 Å². The smallest absolute Gasteiger partial charge is 0.264 e. The number of amides is 1. The number of methoxy groups -OCH3 is 1. The van der Waals surface area contributed by atoms with Crippen LogP contribution in [-0.2, 0) is 24.8 Å². The highest BCUT2D eigenvalue weighted by Gasteiger charge is 2.28. The van der Waals surface area contributed by atoms with E-state index < -0.39 is 38.3 Å². The summed E-state index contributed by atoms with van der Waals surface area (Å²) in [6.07, 6.45) is 0. The Morgan fingerprint density at radius 3 is 1.84 bits per heavy atom. The van der Waals surface area contributed by atoms with Gasteiger partial charge < -0.3 is 10.1 Å². The second kappa shape index (κ2) is 11.7. The maximum absolute atomic E-state index is 13.5. The van der Waals surface area contributed by atoms with Crippen LogP contribution in [-0.4, -0.2) is 53.8 Å². The lowest BCUT2D eigenvalue weighted by atomic mass is 10.3. The molecule has 198 valence electrons. The third-order valence-electron chi connectivity index (χ3n) is 5.53. The first kappa shape index (κ1) is 28.1. The lowest BCUT2D eigenvalue weighted by Gasteiger charge is -2.24. The van der Waals surface area contributed by atoms with Gasteiger partial charge in [0.25, 0.3) is 10.0 Å². The molecule has 0 aliphatic heterocycles. The summed E-state index contributed by atoms with van der Waals surface area (Å²) in [6.45, 7) is 3.50. The van der Waals surface area contributed by atoms with Crippen LogP contribution in [0.15, 0.2) is 82.6 Å². The third kappa shape index (κ3) is 6.45. The van der Waals surface area contributed by atoms with Crippen molar-refractivity contribution in [3.63, 3.8) is 0 Å². The number of hydrogen-bond acceptors (Lipinski definition) is 6. The normalized spacial score (nSPS) is 11.8. The van der Waals surface area contributed by atoms with Gasteiger partial charge in [-0.15, -0.1) is 0 Å². The zero-order chi connectivity index (χ0) is 27.2. The van der Waals surface area contributed by atoms with E-state index in [0.29, 0.717) is 18.8 Å². The molecule has 1 N–H and O–H groups in total. The molecule has 0 unspecified atom stereocenters. The molecule has 0 fully saturated rings. The van der Waals surface area contributed by atoms with E-state index in [1.807, 2.05) is 0 Å². The van der Waals surface area contributed by atoms with Crippen molar-refractivity contribution in [2.24, 2.45) is 0 Å². The Kier molecular flexibility index (Phi) is 8.89. The summed E-state index contributed by atoms with van der Waals surface area (Å²) in [7, 11) is -6.43. The number of sulfonamides is 2. The van der Waals surface area contributed by atoms with Crippen LogP contribution in [0, 0.1) is 5.82 Å². The van der Waals surface area contributed by atoms with Crippen molar-refractivity contribution >= 4 is 37.3 Å². The topological polar surface area (TPSA) is 113 Å². The molecule has 0 aromatic heterocycles. The van der Waals surface area contributed by atoms with Crippen molar-refractivity contribution in [1.82, 2.24) is 4.31 Å². The number of nitrogens with one attached hydrogen (secondary N) is 1. The molecule has 3 aromatic carbocycles. The number of rotatable bonds is 11. The Balaban J connectivity index is 1.86. The molecule has 0 heterocycles. The number of carbonyl (C=O) groups excluding carboxylic acids is 1.